The number of hydrogen-bond acceptors (Lipinski definition) is 3. The molecular formula is C14H22ClNO2. The molecule has 0 heterocycles. The summed E-state index contributed by atoms with van der Waals surface area (Å²) >= 11 is 5.97. The Hall–Kier alpha value is -0.770. The number of aliphatic hydroxyl groups is 1. The number of halogens is 1. The number of phenols is 1. The molecule has 3 nitrogen and oxygen atoms in total. The van der Waals surface area contributed by atoms with Gasteiger partial charge in [0.1, 0.15) is 5.75 Å². The molecule has 3 N–H and O–H groups in total. The van der Waals surface area contributed by atoms with Crippen LogP contribution < -0.4 is 5.32 Å². The van der Waals surface area contributed by atoms with E-state index in [1.807, 2.05) is 6.92 Å². The molecule has 18 heavy (non-hydrogen) atoms. The second-order valence-corrected chi connectivity index (χ2v) is 5.08. The van der Waals surface area contributed by atoms with Crippen molar-refractivity contribution in [3.8, 4) is 5.75 Å². The average Bonchev–Trinajstić information content (AvgIpc) is 2.33. The highest BCUT2D eigenvalue weighted by atomic mass is 35.5. The van der Waals surface area contributed by atoms with Crippen LogP contribution in [-0.2, 0) is 6.54 Å². The molecule has 102 valence electrons. The molecule has 0 amide bonds. The lowest BCUT2D eigenvalue weighted by molar-refractivity contribution is 0.251. The molecule has 0 aliphatic rings. The number of aliphatic hydroxyl groups excluding tert-OH is 1. The number of nitrogens with one attached hydrogen (secondary N) is 1. The zero-order chi connectivity index (χ0) is 13.5. The Kier molecular flexibility index (Phi) is 6.47. The fourth-order valence-electron chi connectivity index (χ4n) is 1.98. The van der Waals surface area contributed by atoms with Crippen molar-refractivity contribution in [1.82, 2.24) is 5.32 Å². The van der Waals surface area contributed by atoms with E-state index in [-0.39, 0.29) is 6.61 Å². The van der Waals surface area contributed by atoms with Crippen molar-refractivity contribution in [1.29, 1.82) is 0 Å². The molecule has 0 aliphatic carbocycles. The summed E-state index contributed by atoms with van der Waals surface area (Å²) in [5.74, 6) is 0.777. The molecule has 1 aromatic rings. The van der Waals surface area contributed by atoms with Crippen molar-refractivity contribution in [3.05, 3.63) is 28.3 Å². The molecule has 0 bridgehead atoms. The molecule has 0 saturated carbocycles. The van der Waals surface area contributed by atoms with Gasteiger partial charge in [0.05, 0.1) is 0 Å². The van der Waals surface area contributed by atoms with Crippen molar-refractivity contribution < 1.29 is 10.2 Å². The number of aryl methyl sites for hydroxylation is 1. The van der Waals surface area contributed by atoms with E-state index in [4.69, 9.17) is 16.7 Å². The van der Waals surface area contributed by atoms with Gasteiger partial charge < -0.3 is 15.5 Å². The Morgan fingerprint density at radius 3 is 2.72 bits per heavy atom. The Bertz CT molecular complexity index is 382. The standard InChI is InChI=1S/C14H22ClNO2/c1-3-11(4-5-17)8-16-9-12-7-13(15)6-10(2)14(12)18/h6-7,11,16-18H,3-5,8-9H2,1-2H3. The fraction of sp³-hybridized carbons (Fsp3) is 0.571. The summed E-state index contributed by atoms with van der Waals surface area (Å²) in [5.41, 5.74) is 1.61. The minimum Gasteiger partial charge on any atom is -0.507 e. The van der Waals surface area contributed by atoms with Crippen molar-refractivity contribution in [2.24, 2.45) is 5.92 Å². The molecule has 1 aromatic carbocycles. The first kappa shape index (κ1) is 15.3. The third-order valence-electron chi connectivity index (χ3n) is 3.21. The third kappa shape index (κ3) is 4.48. The van der Waals surface area contributed by atoms with Crippen LogP contribution in [0.25, 0.3) is 0 Å². The maximum atomic E-state index is 9.91. The minimum absolute atomic E-state index is 0.224. The zero-order valence-corrected chi connectivity index (χ0v) is 11.8. The molecular weight excluding hydrogens is 250 g/mol. The van der Waals surface area contributed by atoms with E-state index in [1.165, 1.54) is 0 Å². The summed E-state index contributed by atoms with van der Waals surface area (Å²) in [6.07, 6.45) is 1.85. The molecule has 0 radical (unpaired) electrons. The first-order valence-corrected chi connectivity index (χ1v) is 6.75. The predicted octanol–water partition coefficient (Wildman–Crippen LogP) is 2.85. The molecule has 0 aliphatic heterocycles. The maximum Gasteiger partial charge on any atom is 0.123 e. The van der Waals surface area contributed by atoms with Crippen molar-refractivity contribution in [2.45, 2.75) is 33.2 Å². The summed E-state index contributed by atoms with van der Waals surface area (Å²) in [6.45, 7) is 5.60. The quantitative estimate of drug-likeness (QED) is 0.715. The Labute approximate surface area is 114 Å². The van der Waals surface area contributed by atoms with Crippen LogP contribution in [0.4, 0.5) is 0 Å². The molecule has 1 atom stereocenters. The van der Waals surface area contributed by atoms with Crippen LogP contribution in [0.5, 0.6) is 5.75 Å². The summed E-state index contributed by atoms with van der Waals surface area (Å²) in [5, 5.41) is 22.8. The Balaban J connectivity index is 2.53. The second kappa shape index (κ2) is 7.62. The fourth-order valence-corrected chi connectivity index (χ4v) is 2.28. The Morgan fingerprint density at radius 1 is 1.39 bits per heavy atom. The van der Waals surface area contributed by atoms with Gasteiger partial charge in [0.25, 0.3) is 0 Å². The predicted molar refractivity (Wildman–Crippen MR) is 75.0 cm³/mol. The van der Waals surface area contributed by atoms with E-state index in [0.29, 0.717) is 23.2 Å². The van der Waals surface area contributed by atoms with E-state index in [2.05, 4.69) is 12.2 Å². The van der Waals surface area contributed by atoms with E-state index in [0.717, 1.165) is 30.5 Å². The van der Waals surface area contributed by atoms with Crippen LogP contribution in [-0.4, -0.2) is 23.4 Å². The van der Waals surface area contributed by atoms with Crippen LogP contribution in [0.3, 0.4) is 0 Å². The third-order valence-corrected chi connectivity index (χ3v) is 3.43. The van der Waals surface area contributed by atoms with Gasteiger partial charge in [-0.15, -0.1) is 0 Å². The summed E-state index contributed by atoms with van der Waals surface area (Å²) in [6, 6.07) is 3.53. The van der Waals surface area contributed by atoms with Crippen molar-refractivity contribution in [2.75, 3.05) is 13.2 Å². The van der Waals surface area contributed by atoms with Gasteiger partial charge in [-0.2, -0.15) is 0 Å². The first-order chi connectivity index (χ1) is 8.58. The lowest BCUT2D eigenvalue weighted by Crippen LogP contribution is -2.23. The van der Waals surface area contributed by atoms with Gasteiger partial charge in [-0.25, -0.2) is 0 Å². The smallest absolute Gasteiger partial charge is 0.123 e. The summed E-state index contributed by atoms with van der Waals surface area (Å²) in [7, 11) is 0. The zero-order valence-electron chi connectivity index (χ0n) is 11.0. The van der Waals surface area contributed by atoms with Crippen LogP contribution in [0.1, 0.15) is 30.9 Å². The van der Waals surface area contributed by atoms with Crippen LogP contribution >= 0.6 is 11.6 Å². The monoisotopic (exact) mass is 271 g/mol. The van der Waals surface area contributed by atoms with E-state index in [1.54, 1.807) is 12.1 Å². The summed E-state index contributed by atoms with van der Waals surface area (Å²) in [4.78, 5) is 0. The normalized spacial score (nSPS) is 12.7. The second-order valence-electron chi connectivity index (χ2n) is 4.65. The van der Waals surface area contributed by atoms with Gasteiger partial charge in [-0.05, 0) is 43.5 Å². The molecule has 0 saturated heterocycles. The molecule has 1 rings (SSSR count). The number of rotatable bonds is 7. The lowest BCUT2D eigenvalue weighted by atomic mass is 10.0. The largest absolute Gasteiger partial charge is 0.507 e. The van der Waals surface area contributed by atoms with Gasteiger partial charge in [0.15, 0.2) is 0 Å². The van der Waals surface area contributed by atoms with Gasteiger partial charge in [0, 0.05) is 23.7 Å². The van der Waals surface area contributed by atoms with Crippen molar-refractivity contribution in [3.63, 3.8) is 0 Å². The molecule has 1 unspecified atom stereocenters. The highest BCUT2D eigenvalue weighted by Gasteiger charge is 2.08. The van der Waals surface area contributed by atoms with Crippen LogP contribution in [0.2, 0.25) is 5.02 Å². The molecule has 0 spiro atoms. The number of benzene rings is 1. The number of hydrogen-bond donors (Lipinski definition) is 3. The van der Waals surface area contributed by atoms with Gasteiger partial charge in [-0.1, -0.05) is 24.9 Å². The highest BCUT2D eigenvalue weighted by Crippen LogP contribution is 2.26. The number of aromatic hydroxyl groups is 1. The Morgan fingerprint density at radius 2 is 2.11 bits per heavy atom. The van der Waals surface area contributed by atoms with E-state index < -0.39 is 0 Å². The van der Waals surface area contributed by atoms with E-state index in [9.17, 15) is 5.11 Å². The van der Waals surface area contributed by atoms with Gasteiger partial charge in [0.2, 0.25) is 0 Å². The lowest BCUT2D eigenvalue weighted by Gasteiger charge is -2.15. The first-order valence-electron chi connectivity index (χ1n) is 6.38. The average molecular weight is 272 g/mol. The van der Waals surface area contributed by atoms with Gasteiger partial charge >= 0.3 is 0 Å². The molecule has 0 aromatic heterocycles. The van der Waals surface area contributed by atoms with E-state index >= 15 is 0 Å². The van der Waals surface area contributed by atoms with Crippen LogP contribution in [0.15, 0.2) is 12.1 Å². The van der Waals surface area contributed by atoms with Gasteiger partial charge in [-0.3, -0.25) is 0 Å². The van der Waals surface area contributed by atoms with Crippen LogP contribution in [0, 0.1) is 12.8 Å². The SMILES string of the molecule is CCC(CCO)CNCc1cc(Cl)cc(C)c1O. The molecule has 0 fully saturated rings. The summed E-state index contributed by atoms with van der Waals surface area (Å²) < 4.78 is 0. The molecule has 4 heteroatoms. The maximum absolute atomic E-state index is 9.91. The number of phenolic OH excluding ortho intramolecular Hbond substituents is 1. The highest BCUT2D eigenvalue weighted by molar-refractivity contribution is 6.30. The minimum atomic E-state index is 0.224. The topological polar surface area (TPSA) is 52.5 Å². The van der Waals surface area contributed by atoms with Crippen molar-refractivity contribution >= 4 is 11.6 Å².